The molecule has 1 aliphatic rings. The monoisotopic (exact) mass is 235 g/mol. The summed E-state index contributed by atoms with van der Waals surface area (Å²) < 4.78 is 27.8. The molecule has 15 heavy (non-hydrogen) atoms. The van der Waals surface area contributed by atoms with E-state index in [1.54, 1.807) is 13.8 Å². The van der Waals surface area contributed by atoms with Gasteiger partial charge in [0.1, 0.15) is 0 Å². The highest BCUT2D eigenvalue weighted by molar-refractivity contribution is 7.87. The van der Waals surface area contributed by atoms with Crippen LogP contribution in [0.2, 0.25) is 0 Å². The Morgan fingerprint density at radius 3 is 2.73 bits per heavy atom. The second-order valence-electron chi connectivity index (χ2n) is 4.25. The van der Waals surface area contributed by atoms with E-state index in [1.165, 1.54) is 6.42 Å². The van der Waals surface area contributed by atoms with Crippen LogP contribution in [0.15, 0.2) is 0 Å². The van der Waals surface area contributed by atoms with Gasteiger partial charge in [0.05, 0.1) is 0 Å². The number of hydrogen-bond acceptors (Lipinski definition) is 3. The summed E-state index contributed by atoms with van der Waals surface area (Å²) in [7, 11) is -3.30. The third kappa shape index (κ3) is 5.46. The predicted molar refractivity (Wildman–Crippen MR) is 60.8 cm³/mol. The van der Waals surface area contributed by atoms with Crippen LogP contribution >= 0.6 is 0 Å². The van der Waals surface area contributed by atoms with Crippen molar-refractivity contribution in [2.24, 2.45) is 0 Å². The lowest BCUT2D eigenvalue weighted by Gasteiger charge is -2.13. The average molecular weight is 235 g/mol. The van der Waals surface area contributed by atoms with E-state index in [9.17, 15) is 8.42 Å². The molecule has 1 aliphatic heterocycles. The van der Waals surface area contributed by atoms with Crippen molar-refractivity contribution in [2.45, 2.75) is 45.2 Å². The molecule has 1 atom stereocenters. The molecule has 0 amide bonds. The molecule has 1 fully saturated rings. The standard InChI is InChI=1S/C9H21N3O2S/c1-8(2)12-15(13,14)11-7-5-9-4-3-6-10-9/h8-12H,3-7H2,1-2H3/t9-/m1/s1. The van der Waals surface area contributed by atoms with Crippen molar-refractivity contribution in [3.05, 3.63) is 0 Å². The summed E-state index contributed by atoms with van der Waals surface area (Å²) in [6.07, 6.45) is 3.21. The first-order valence-corrected chi connectivity index (χ1v) is 6.98. The fourth-order valence-corrected chi connectivity index (χ4v) is 2.81. The SMILES string of the molecule is CC(C)NS(=O)(=O)NCC[C@H]1CCCN1. The molecule has 0 aromatic heterocycles. The van der Waals surface area contributed by atoms with Crippen LogP contribution in [0.25, 0.3) is 0 Å². The van der Waals surface area contributed by atoms with Crippen LogP contribution in [-0.4, -0.2) is 33.6 Å². The van der Waals surface area contributed by atoms with Crippen molar-refractivity contribution in [2.75, 3.05) is 13.1 Å². The summed E-state index contributed by atoms with van der Waals surface area (Å²) in [6.45, 7) is 5.16. The molecular formula is C9H21N3O2S. The second kappa shape index (κ2) is 5.79. The molecule has 90 valence electrons. The van der Waals surface area contributed by atoms with E-state index in [2.05, 4.69) is 14.8 Å². The Labute approximate surface area is 92.2 Å². The van der Waals surface area contributed by atoms with Crippen molar-refractivity contribution < 1.29 is 8.42 Å². The minimum absolute atomic E-state index is 0.0629. The van der Waals surface area contributed by atoms with E-state index in [-0.39, 0.29) is 6.04 Å². The van der Waals surface area contributed by atoms with Crippen LogP contribution in [0.1, 0.15) is 33.1 Å². The van der Waals surface area contributed by atoms with E-state index >= 15 is 0 Å². The van der Waals surface area contributed by atoms with Gasteiger partial charge in [0.25, 0.3) is 10.2 Å². The van der Waals surface area contributed by atoms with Gasteiger partial charge in [-0.25, -0.2) is 4.72 Å². The molecule has 0 aromatic carbocycles. The molecule has 1 saturated heterocycles. The molecular weight excluding hydrogens is 214 g/mol. The lowest BCUT2D eigenvalue weighted by molar-refractivity contribution is 0.528. The molecule has 3 N–H and O–H groups in total. The van der Waals surface area contributed by atoms with Gasteiger partial charge in [-0.15, -0.1) is 0 Å². The third-order valence-corrected chi connectivity index (χ3v) is 3.70. The van der Waals surface area contributed by atoms with Crippen LogP contribution in [0.4, 0.5) is 0 Å². The molecule has 0 bridgehead atoms. The maximum absolute atomic E-state index is 11.4. The Balaban J connectivity index is 2.18. The third-order valence-electron chi connectivity index (χ3n) is 2.34. The Morgan fingerprint density at radius 1 is 1.47 bits per heavy atom. The summed E-state index contributed by atoms with van der Waals surface area (Å²) in [5, 5.41) is 3.33. The van der Waals surface area contributed by atoms with Gasteiger partial charge in [-0.05, 0) is 39.7 Å². The minimum atomic E-state index is -3.30. The molecule has 0 unspecified atom stereocenters. The number of rotatable bonds is 6. The molecule has 0 spiro atoms. The van der Waals surface area contributed by atoms with Gasteiger partial charge in [-0.2, -0.15) is 13.1 Å². The van der Waals surface area contributed by atoms with Crippen LogP contribution < -0.4 is 14.8 Å². The van der Waals surface area contributed by atoms with Crippen LogP contribution in [0, 0.1) is 0 Å². The van der Waals surface area contributed by atoms with E-state index < -0.39 is 10.2 Å². The highest BCUT2D eigenvalue weighted by Gasteiger charge is 2.15. The van der Waals surface area contributed by atoms with Crippen molar-refractivity contribution >= 4 is 10.2 Å². The molecule has 1 heterocycles. The van der Waals surface area contributed by atoms with Gasteiger partial charge in [-0.3, -0.25) is 0 Å². The maximum Gasteiger partial charge on any atom is 0.277 e. The first-order chi connectivity index (χ1) is 6.99. The molecule has 0 saturated carbocycles. The Bertz CT molecular complexity index is 271. The maximum atomic E-state index is 11.4. The van der Waals surface area contributed by atoms with Gasteiger partial charge in [0, 0.05) is 18.6 Å². The molecule has 0 aliphatic carbocycles. The molecule has 1 rings (SSSR count). The van der Waals surface area contributed by atoms with E-state index in [0.717, 1.165) is 19.4 Å². The summed E-state index contributed by atoms with van der Waals surface area (Å²) in [6, 6.07) is 0.416. The Morgan fingerprint density at radius 2 is 2.20 bits per heavy atom. The largest absolute Gasteiger partial charge is 0.314 e. The zero-order valence-electron chi connectivity index (χ0n) is 9.41. The summed E-state index contributed by atoms with van der Waals surface area (Å²) in [5.74, 6) is 0. The molecule has 0 radical (unpaired) electrons. The van der Waals surface area contributed by atoms with Gasteiger partial charge < -0.3 is 5.32 Å². The average Bonchev–Trinajstić information content (AvgIpc) is 2.53. The van der Waals surface area contributed by atoms with Crippen LogP contribution in [0.5, 0.6) is 0 Å². The van der Waals surface area contributed by atoms with E-state index in [1.807, 2.05) is 0 Å². The van der Waals surface area contributed by atoms with Crippen molar-refractivity contribution in [1.29, 1.82) is 0 Å². The predicted octanol–water partition coefficient (Wildman–Crippen LogP) is -0.0391. The molecule has 5 nitrogen and oxygen atoms in total. The smallest absolute Gasteiger partial charge is 0.277 e. The van der Waals surface area contributed by atoms with E-state index in [4.69, 9.17) is 0 Å². The van der Waals surface area contributed by atoms with Crippen molar-refractivity contribution in [3.63, 3.8) is 0 Å². The van der Waals surface area contributed by atoms with Gasteiger partial charge in [-0.1, -0.05) is 0 Å². The second-order valence-corrected chi connectivity index (χ2v) is 5.78. The Hall–Kier alpha value is -0.170. The van der Waals surface area contributed by atoms with Crippen LogP contribution in [-0.2, 0) is 10.2 Å². The summed E-state index contributed by atoms with van der Waals surface area (Å²) >= 11 is 0. The fraction of sp³-hybridized carbons (Fsp3) is 1.00. The normalized spacial score (nSPS) is 22.5. The quantitative estimate of drug-likeness (QED) is 0.605. The lowest BCUT2D eigenvalue weighted by atomic mass is 10.2. The number of nitrogens with one attached hydrogen (secondary N) is 3. The van der Waals surface area contributed by atoms with Crippen LogP contribution in [0.3, 0.4) is 0 Å². The summed E-state index contributed by atoms with van der Waals surface area (Å²) in [4.78, 5) is 0. The van der Waals surface area contributed by atoms with Gasteiger partial charge in [0.15, 0.2) is 0 Å². The first kappa shape index (κ1) is 12.9. The highest BCUT2D eigenvalue weighted by Crippen LogP contribution is 2.07. The number of hydrogen-bond donors (Lipinski definition) is 3. The van der Waals surface area contributed by atoms with E-state index in [0.29, 0.717) is 12.6 Å². The zero-order chi connectivity index (χ0) is 11.3. The first-order valence-electron chi connectivity index (χ1n) is 5.50. The topological polar surface area (TPSA) is 70.2 Å². The molecule has 6 heteroatoms. The highest BCUT2D eigenvalue weighted by atomic mass is 32.2. The minimum Gasteiger partial charge on any atom is -0.314 e. The van der Waals surface area contributed by atoms with Crippen molar-refractivity contribution in [3.8, 4) is 0 Å². The van der Waals surface area contributed by atoms with Crippen molar-refractivity contribution in [1.82, 2.24) is 14.8 Å². The Kier molecular flexibility index (Phi) is 4.98. The zero-order valence-corrected chi connectivity index (χ0v) is 10.2. The fourth-order valence-electron chi connectivity index (χ4n) is 1.72. The summed E-state index contributed by atoms with van der Waals surface area (Å²) in [5.41, 5.74) is 0. The van der Waals surface area contributed by atoms with Gasteiger partial charge >= 0.3 is 0 Å². The van der Waals surface area contributed by atoms with Gasteiger partial charge in [0.2, 0.25) is 0 Å². The molecule has 0 aromatic rings. The lowest BCUT2D eigenvalue weighted by Crippen LogP contribution is -2.41.